The molecule has 0 amide bonds. The number of nitrogens with one attached hydrogen (secondary N) is 1. The molecular weight excluding hydrogens is 312 g/mol. The summed E-state index contributed by atoms with van der Waals surface area (Å²) in [5.74, 6) is 2.10. The largest absolute Gasteiger partial charge is 0.490 e. The molecule has 3 heterocycles. The molecule has 3 aromatic rings. The molecule has 1 N–H and O–H groups in total. The fourth-order valence-electron chi connectivity index (χ4n) is 2.53. The Labute approximate surface area is 148 Å². The molecule has 0 atom stereocenters. The summed E-state index contributed by atoms with van der Waals surface area (Å²) in [5.41, 5.74) is 4.16. The van der Waals surface area contributed by atoms with Gasteiger partial charge in [0.25, 0.3) is 0 Å². The number of hydrogen-bond donors (Lipinski definition) is 1. The van der Waals surface area contributed by atoms with Gasteiger partial charge in [0.05, 0.1) is 6.61 Å². The first-order valence-corrected chi connectivity index (χ1v) is 8.47. The van der Waals surface area contributed by atoms with E-state index in [4.69, 9.17) is 4.74 Å². The van der Waals surface area contributed by atoms with Crippen molar-refractivity contribution in [3.8, 4) is 16.9 Å². The summed E-state index contributed by atoms with van der Waals surface area (Å²) in [4.78, 5) is 13.3. The first kappa shape index (κ1) is 16.9. The van der Waals surface area contributed by atoms with Crippen molar-refractivity contribution in [1.29, 1.82) is 0 Å². The number of anilines is 2. The van der Waals surface area contributed by atoms with Crippen LogP contribution < -0.4 is 10.1 Å². The number of nitrogens with zero attached hydrogens (tertiary/aromatic N) is 3. The lowest BCUT2D eigenvalue weighted by Gasteiger charge is -2.13. The molecule has 0 aromatic carbocycles. The first-order chi connectivity index (χ1) is 12.2. The van der Waals surface area contributed by atoms with Crippen molar-refractivity contribution in [2.24, 2.45) is 0 Å². The minimum Gasteiger partial charge on any atom is -0.490 e. The molecule has 0 aliphatic rings. The second-order valence-corrected chi connectivity index (χ2v) is 5.73. The van der Waals surface area contributed by atoms with Gasteiger partial charge in [0, 0.05) is 35.4 Å². The lowest BCUT2D eigenvalue weighted by atomic mass is 10.1. The molecule has 0 fully saturated rings. The molecule has 0 unspecified atom stereocenters. The van der Waals surface area contributed by atoms with Gasteiger partial charge >= 0.3 is 0 Å². The van der Waals surface area contributed by atoms with Crippen molar-refractivity contribution >= 4 is 11.6 Å². The highest BCUT2D eigenvalue weighted by molar-refractivity contribution is 5.69. The van der Waals surface area contributed by atoms with Gasteiger partial charge in [-0.25, -0.2) is 9.97 Å². The van der Waals surface area contributed by atoms with Crippen LogP contribution in [0.5, 0.6) is 5.75 Å². The SMILES string of the molecule is CCOc1cc(-c2cncc(CC)c2)cnc1Nc1cccc(C)n1. The molecule has 5 heteroatoms. The average molecular weight is 334 g/mol. The van der Waals surface area contributed by atoms with Crippen LogP contribution in [0.15, 0.2) is 48.9 Å². The Morgan fingerprint density at radius 2 is 1.88 bits per heavy atom. The second-order valence-electron chi connectivity index (χ2n) is 5.73. The van der Waals surface area contributed by atoms with Crippen LogP contribution in [0.25, 0.3) is 11.1 Å². The van der Waals surface area contributed by atoms with E-state index in [9.17, 15) is 0 Å². The van der Waals surface area contributed by atoms with Crippen LogP contribution in [-0.2, 0) is 6.42 Å². The minimum absolute atomic E-state index is 0.564. The fraction of sp³-hybridized carbons (Fsp3) is 0.250. The summed E-state index contributed by atoms with van der Waals surface area (Å²) in [6.45, 7) is 6.60. The standard InChI is InChI=1S/C20H22N4O/c1-4-15-9-16(12-21-11-15)17-10-18(25-5-2)20(22-13-17)24-19-8-6-7-14(3)23-19/h6-13H,4-5H2,1-3H3,(H,22,23,24). The van der Waals surface area contributed by atoms with Gasteiger partial charge in [-0.05, 0) is 50.1 Å². The number of hydrogen-bond acceptors (Lipinski definition) is 5. The maximum atomic E-state index is 5.78. The number of rotatable bonds is 6. The highest BCUT2D eigenvalue weighted by Gasteiger charge is 2.10. The van der Waals surface area contributed by atoms with Gasteiger partial charge in [0.1, 0.15) is 5.82 Å². The van der Waals surface area contributed by atoms with E-state index in [0.717, 1.165) is 29.1 Å². The monoisotopic (exact) mass is 334 g/mol. The molecule has 3 aromatic heterocycles. The number of pyridine rings is 3. The third-order valence-electron chi connectivity index (χ3n) is 3.82. The summed E-state index contributed by atoms with van der Waals surface area (Å²) in [7, 11) is 0. The van der Waals surface area contributed by atoms with Crippen LogP contribution >= 0.6 is 0 Å². The van der Waals surface area contributed by atoms with E-state index in [-0.39, 0.29) is 0 Å². The van der Waals surface area contributed by atoms with Crippen LogP contribution in [-0.4, -0.2) is 21.6 Å². The van der Waals surface area contributed by atoms with Crippen LogP contribution in [0.2, 0.25) is 0 Å². The van der Waals surface area contributed by atoms with E-state index < -0.39 is 0 Å². The number of ether oxygens (including phenoxy) is 1. The normalized spacial score (nSPS) is 10.5. The summed E-state index contributed by atoms with van der Waals surface area (Å²) in [5, 5.41) is 3.24. The smallest absolute Gasteiger partial charge is 0.174 e. The Balaban J connectivity index is 1.94. The summed E-state index contributed by atoms with van der Waals surface area (Å²) >= 11 is 0. The maximum Gasteiger partial charge on any atom is 0.174 e. The molecule has 128 valence electrons. The quantitative estimate of drug-likeness (QED) is 0.716. The third kappa shape index (κ3) is 4.12. The van der Waals surface area contributed by atoms with Gasteiger partial charge in [-0.2, -0.15) is 0 Å². The zero-order valence-electron chi connectivity index (χ0n) is 14.8. The van der Waals surface area contributed by atoms with E-state index >= 15 is 0 Å². The Bertz CT molecular complexity index is 864. The third-order valence-corrected chi connectivity index (χ3v) is 3.82. The van der Waals surface area contributed by atoms with Crippen LogP contribution in [0.4, 0.5) is 11.6 Å². The Hall–Kier alpha value is -2.95. The maximum absolute atomic E-state index is 5.78. The van der Waals surface area contributed by atoms with Gasteiger partial charge in [0.2, 0.25) is 0 Å². The van der Waals surface area contributed by atoms with Gasteiger partial charge < -0.3 is 10.1 Å². The minimum atomic E-state index is 0.564. The highest BCUT2D eigenvalue weighted by Crippen LogP contribution is 2.30. The zero-order valence-corrected chi connectivity index (χ0v) is 14.8. The molecule has 0 saturated heterocycles. The molecule has 0 radical (unpaired) electrons. The van der Waals surface area contributed by atoms with Gasteiger partial charge in [-0.3, -0.25) is 4.98 Å². The Morgan fingerprint density at radius 1 is 1.04 bits per heavy atom. The Morgan fingerprint density at radius 3 is 2.64 bits per heavy atom. The average Bonchev–Trinajstić information content (AvgIpc) is 2.63. The van der Waals surface area contributed by atoms with E-state index in [0.29, 0.717) is 18.2 Å². The lowest BCUT2D eigenvalue weighted by molar-refractivity contribution is 0.341. The molecule has 0 aliphatic heterocycles. The Kier molecular flexibility index (Phi) is 5.23. The predicted molar refractivity (Wildman–Crippen MR) is 100 cm³/mol. The molecule has 0 bridgehead atoms. The van der Waals surface area contributed by atoms with Crippen molar-refractivity contribution in [3.05, 3.63) is 60.2 Å². The first-order valence-electron chi connectivity index (χ1n) is 8.47. The molecular formula is C20H22N4O. The topological polar surface area (TPSA) is 59.9 Å². The molecule has 0 saturated carbocycles. The summed E-state index contributed by atoms with van der Waals surface area (Å²) in [6.07, 6.45) is 6.52. The van der Waals surface area contributed by atoms with E-state index in [2.05, 4.69) is 33.3 Å². The molecule has 0 spiro atoms. The second kappa shape index (κ2) is 7.75. The van der Waals surface area contributed by atoms with Crippen molar-refractivity contribution in [3.63, 3.8) is 0 Å². The van der Waals surface area contributed by atoms with Crippen molar-refractivity contribution in [2.75, 3.05) is 11.9 Å². The van der Waals surface area contributed by atoms with Crippen molar-refractivity contribution < 1.29 is 4.74 Å². The molecule has 0 aliphatic carbocycles. The van der Waals surface area contributed by atoms with Gasteiger partial charge in [-0.1, -0.05) is 13.0 Å². The number of aryl methyl sites for hydroxylation is 2. The molecule has 3 rings (SSSR count). The summed E-state index contributed by atoms with van der Waals surface area (Å²) < 4.78 is 5.78. The highest BCUT2D eigenvalue weighted by atomic mass is 16.5. The molecule has 5 nitrogen and oxygen atoms in total. The van der Waals surface area contributed by atoms with Gasteiger partial charge in [0.15, 0.2) is 11.6 Å². The zero-order chi connectivity index (χ0) is 17.6. The fourth-order valence-corrected chi connectivity index (χ4v) is 2.53. The molecule has 25 heavy (non-hydrogen) atoms. The number of aromatic nitrogens is 3. The predicted octanol–water partition coefficient (Wildman–Crippen LogP) is 4.55. The summed E-state index contributed by atoms with van der Waals surface area (Å²) in [6, 6.07) is 9.95. The van der Waals surface area contributed by atoms with E-state index in [1.54, 1.807) is 0 Å². The van der Waals surface area contributed by atoms with E-state index in [1.165, 1.54) is 5.56 Å². The lowest BCUT2D eigenvalue weighted by Crippen LogP contribution is -2.02. The van der Waals surface area contributed by atoms with E-state index in [1.807, 2.05) is 56.7 Å². The van der Waals surface area contributed by atoms with Crippen LogP contribution in [0, 0.1) is 6.92 Å². The van der Waals surface area contributed by atoms with Crippen LogP contribution in [0.1, 0.15) is 25.1 Å². The van der Waals surface area contributed by atoms with Crippen molar-refractivity contribution in [2.45, 2.75) is 27.2 Å². The van der Waals surface area contributed by atoms with Crippen LogP contribution in [0.3, 0.4) is 0 Å². The van der Waals surface area contributed by atoms with Gasteiger partial charge in [-0.15, -0.1) is 0 Å². The van der Waals surface area contributed by atoms with Crippen molar-refractivity contribution in [1.82, 2.24) is 15.0 Å².